The molecule has 0 aromatic carbocycles. The number of carbonyl (C=O) groups is 2. The third kappa shape index (κ3) is 3.67. The topological polar surface area (TPSA) is 91.3 Å². The fourth-order valence-electron chi connectivity index (χ4n) is 2.37. The molecule has 0 aliphatic heterocycles. The quantitative estimate of drug-likeness (QED) is 0.776. The Balaban J connectivity index is 1.92. The summed E-state index contributed by atoms with van der Waals surface area (Å²) in [5.74, 6) is -1.33. The average molecular weight is 263 g/mol. The normalized spacial score (nSPS) is 22.5. The lowest BCUT2D eigenvalue weighted by Crippen LogP contribution is -2.46. The SMILES string of the molecule is O=C(Nc1cccnc1)NC1CCCCC1C(=O)O. The predicted octanol–water partition coefficient (Wildman–Crippen LogP) is 1.85. The molecule has 1 aromatic heterocycles. The summed E-state index contributed by atoms with van der Waals surface area (Å²) < 4.78 is 0. The van der Waals surface area contributed by atoms with Gasteiger partial charge in [0.25, 0.3) is 0 Å². The molecule has 0 saturated heterocycles. The standard InChI is InChI=1S/C13H17N3O3/c17-12(18)10-5-1-2-6-11(10)16-13(19)15-9-4-3-7-14-8-9/h3-4,7-8,10-11H,1-2,5-6H2,(H,17,18)(H2,15,16,19). The van der Waals surface area contributed by atoms with Gasteiger partial charge in [0, 0.05) is 12.2 Å². The van der Waals surface area contributed by atoms with Gasteiger partial charge >= 0.3 is 12.0 Å². The Bertz CT molecular complexity index is 450. The molecule has 1 fully saturated rings. The zero-order valence-corrected chi connectivity index (χ0v) is 10.5. The summed E-state index contributed by atoms with van der Waals surface area (Å²) in [5.41, 5.74) is 0.586. The van der Waals surface area contributed by atoms with E-state index in [2.05, 4.69) is 15.6 Å². The van der Waals surface area contributed by atoms with Gasteiger partial charge in [0.15, 0.2) is 0 Å². The van der Waals surface area contributed by atoms with Crippen molar-refractivity contribution in [3.63, 3.8) is 0 Å². The summed E-state index contributed by atoms with van der Waals surface area (Å²) in [6, 6.07) is 2.76. The van der Waals surface area contributed by atoms with Crippen LogP contribution in [0.25, 0.3) is 0 Å². The first kappa shape index (κ1) is 13.3. The van der Waals surface area contributed by atoms with Crippen molar-refractivity contribution in [2.75, 3.05) is 5.32 Å². The van der Waals surface area contributed by atoms with Gasteiger partial charge in [-0.25, -0.2) is 4.79 Å². The third-order valence-electron chi connectivity index (χ3n) is 3.32. The number of amides is 2. The van der Waals surface area contributed by atoms with Crippen molar-refractivity contribution in [2.24, 2.45) is 5.92 Å². The second kappa shape index (κ2) is 6.17. The van der Waals surface area contributed by atoms with Crippen LogP contribution >= 0.6 is 0 Å². The van der Waals surface area contributed by atoms with E-state index in [1.807, 2.05) is 0 Å². The number of carbonyl (C=O) groups excluding carboxylic acids is 1. The van der Waals surface area contributed by atoms with Crippen LogP contribution in [-0.4, -0.2) is 28.1 Å². The molecule has 2 rings (SSSR count). The molecule has 102 valence electrons. The Labute approximate surface area is 111 Å². The lowest BCUT2D eigenvalue weighted by Gasteiger charge is -2.29. The van der Waals surface area contributed by atoms with Crippen molar-refractivity contribution >= 4 is 17.7 Å². The first-order valence-electron chi connectivity index (χ1n) is 6.37. The Kier molecular flexibility index (Phi) is 4.33. The second-order valence-corrected chi connectivity index (χ2v) is 4.68. The van der Waals surface area contributed by atoms with E-state index in [4.69, 9.17) is 5.11 Å². The highest BCUT2D eigenvalue weighted by molar-refractivity contribution is 5.89. The minimum Gasteiger partial charge on any atom is -0.481 e. The molecule has 2 atom stereocenters. The van der Waals surface area contributed by atoms with E-state index in [-0.39, 0.29) is 12.1 Å². The van der Waals surface area contributed by atoms with Crippen molar-refractivity contribution < 1.29 is 14.7 Å². The number of hydrogen-bond acceptors (Lipinski definition) is 3. The van der Waals surface area contributed by atoms with Gasteiger partial charge in [-0.15, -0.1) is 0 Å². The largest absolute Gasteiger partial charge is 0.481 e. The number of nitrogens with zero attached hydrogens (tertiary/aromatic N) is 1. The Morgan fingerprint density at radius 3 is 2.79 bits per heavy atom. The molecule has 1 aliphatic carbocycles. The molecule has 6 heteroatoms. The average Bonchev–Trinajstić information content (AvgIpc) is 2.40. The fourth-order valence-corrected chi connectivity index (χ4v) is 2.37. The maximum Gasteiger partial charge on any atom is 0.319 e. The number of carboxylic acid groups (broad SMARTS) is 1. The minimum absolute atomic E-state index is 0.303. The summed E-state index contributed by atoms with van der Waals surface area (Å²) in [6.07, 6.45) is 6.32. The predicted molar refractivity (Wildman–Crippen MR) is 69.8 cm³/mol. The molecule has 0 bridgehead atoms. The van der Waals surface area contributed by atoms with Crippen LogP contribution in [0.5, 0.6) is 0 Å². The lowest BCUT2D eigenvalue weighted by molar-refractivity contribution is -0.143. The molecule has 19 heavy (non-hydrogen) atoms. The summed E-state index contributed by atoms with van der Waals surface area (Å²) in [5, 5.41) is 14.5. The number of urea groups is 1. The second-order valence-electron chi connectivity index (χ2n) is 4.68. The molecule has 0 spiro atoms. The molecule has 1 heterocycles. The third-order valence-corrected chi connectivity index (χ3v) is 3.32. The van der Waals surface area contributed by atoms with Crippen LogP contribution in [0.1, 0.15) is 25.7 Å². The molecule has 3 N–H and O–H groups in total. The van der Waals surface area contributed by atoms with E-state index < -0.39 is 11.9 Å². The first-order chi connectivity index (χ1) is 9.16. The Hall–Kier alpha value is -2.11. The maximum atomic E-state index is 11.8. The van der Waals surface area contributed by atoms with Gasteiger partial charge in [-0.2, -0.15) is 0 Å². The van der Waals surface area contributed by atoms with E-state index >= 15 is 0 Å². The van der Waals surface area contributed by atoms with Crippen molar-refractivity contribution in [2.45, 2.75) is 31.7 Å². The Morgan fingerprint density at radius 2 is 2.11 bits per heavy atom. The van der Waals surface area contributed by atoms with Crippen LogP contribution in [-0.2, 0) is 4.79 Å². The smallest absolute Gasteiger partial charge is 0.319 e. The van der Waals surface area contributed by atoms with Crippen LogP contribution < -0.4 is 10.6 Å². The molecular weight excluding hydrogens is 246 g/mol. The molecule has 2 amide bonds. The van der Waals surface area contributed by atoms with E-state index in [0.29, 0.717) is 18.5 Å². The van der Waals surface area contributed by atoms with Gasteiger partial charge in [-0.05, 0) is 25.0 Å². The fraction of sp³-hybridized carbons (Fsp3) is 0.462. The lowest BCUT2D eigenvalue weighted by atomic mass is 9.84. The molecular formula is C13H17N3O3. The molecule has 6 nitrogen and oxygen atoms in total. The number of nitrogens with one attached hydrogen (secondary N) is 2. The van der Waals surface area contributed by atoms with Gasteiger partial charge in [-0.1, -0.05) is 12.8 Å². The van der Waals surface area contributed by atoms with Gasteiger partial charge in [0.2, 0.25) is 0 Å². The number of anilines is 1. The highest BCUT2D eigenvalue weighted by Gasteiger charge is 2.31. The number of hydrogen-bond donors (Lipinski definition) is 3. The molecule has 1 aromatic rings. The van der Waals surface area contributed by atoms with Gasteiger partial charge in [-0.3, -0.25) is 9.78 Å². The van der Waals surface area contributed by atoms with Gasteiger partial charge < -0.3 is 15.7 Å². The summed E-state index contributed by atoms with van der Waals surface area (Å²) in [6.45, 7) is 0. The number of aromatic nitrogens is 1. The van der Waals surface area contributed by atoms with E-state index in [1.54, 1.807) is 18.3 Å². The van der Waals surface area contributed by atoms with E-state index in [9.17, 15) is 9.59 Å². The summed E-state index contributed by atoms with van der Waals surface area (Å²) in [7, 11) is 0. The Morgan fingerprint density at radius 1 is 1.32 bits per heavy atom. The monoisotopic (exact) mass is 263 g/mol. The van der Waals surface area contributed by atoms with Crippen LogP contribution in [0, 0.1) is 5.92 Å². The van der Waals surface area contributed by atoms with Crippen LogP contribution in [0.4, 0.5) is 10.5 Å². The van der Waals surface area contributed by atoms with Gasteiger partial charge in [0.05, 0.1) is 17.8 Å². The van der Waals surface area contributed by atoms with Crippen LogP contribution in [0.2, 0.25) is 0 Å². The van der Waals surface area contributed by atoms with Crippen molar-refractivity contribution in [3.05, 3.63) is 24.5 Å². The van der Waals surface area contributed by atoms with Gasteiger partial charge in [0.1, 0.15) is 0 Å². The zero-order chi connectivity index (χ0) is 13.7. The number of pyridine rings is 1. The summed E-state index contributed by atoms with van der Waals surface area (Å²) in [4.78, 5) is 26.8. The number of carboxylic acids is 1. The molecule has 1 aliphatic rings. The number of aliphatic carboxylic acids is 1. The highest BCUT2D eigenvalue weighted by atomic mass is 16.4. The minimum atomic E-state index is -0.841. The maximum absolute atomic E-state index is 11.8. The molecule has 2 unspecified atom stereocenters. The zero-order valence-electron chi connectivity index (χ0n) is 10.5. The first-order valence-corrected chi connectivity index (χ1v) is 6.37. The van der Waals surface area contributed by atoms with Crippen molar-refractivity contribution in [1.82, 2.24) is 10.3 Å². The summed E-state index contributed by atoms with van der Waals surface area (Å²) >= 11 is 0. The molecule has 0 radical (unpaired) electrons. The van der Waals surface area contributed by atoms with E-state index in [0.717, 1.165) is 12.8 Å². The molecule has 1 saturated carbocycles. The highest BCUT2D eigenvalue weighted by Crippen LogP contribution is 2.24. The van der Waals surface area contributed by atoms with Crippen molar-refractivity contribution in [1.29, 1.82) is 0 Å². The number of rotatable bonds is 3. The van der Waals surface area contributed by atoms with Crippen LogP contribution in [0.15, 0.2) is 24.5 Å². The van der Waals surface area contributed by atoms with Crippen molar-refractivity contribution in [3.8, 4) is 0 Å². The van der Waals surface area contributed by atoms with Crippen LogP contribution in [0.3, 0.4) is 0 Å². The van der Waals surface area contributed by atoms with E-state index in [1.165, 1.54) is 6.20 Å².